The van der Waals surface area contributed by atoms with Crippen LogP contribution in [0.1, 0.15) is 36.0 Å². The molecule has 3 rings (SSSR count). The quantitative estimate of drug-likeness (QED) is 0.810. The third kappa shape index (κ3) is 3.94. The van der Waals surface area contributed by atoms with E-state index in [9.17, 15) is 5.11 Å². The Labute approximate surface area is 136 Å². The molecular formula is C18H24N2OS. The number of aromatic nitrogens is 1. The van der Waals surface area contributed by atoms with Gasteiger partial charge in [-0.1, -0.05) is 37.3 Å². The highest BCUT2D eigenvalue weighted by molar-refractivity contribution is 7.09. The first kappa shape index (κ1) is 15.7. The summed E-state index contributed by atoms with van der Waals surface area (Å²) in [5.74, 6) is 0.651. The molecule has 0 spiro atoms. The third-order valence-corrected chi connectivity index (χ3v) is 5.36. The zero-order valence-electron chi connectivity index (χ0n) is 13.1. The van der Waals surface area contributed by atoms with Crippen LogP contribution in [0.5, 0.6) is 0 Å². The van der Waals surface area contributed by atoms with E-state index in [0.29, 0.717) is 5.92 Å². The highest BCUT2D eigenvalue weighted by Gasteiger charge is 2.35. The van der Waals surface area contributed by atoms with E-state index in [2.05, 4.69) is 41.5 Å². The lowest BCUT2D eigenvalue weighted by atomic mass is 10.1. The molecule has 0 aliphatic heterocycles. The maximum Gasteiger partial charge on any atom is 0.0926 e. The normalized spacial score (nSPS) is 16.1. The lowest BCUT2D eigenvalue weighted by Crippen LogP contribution is -2.38. The van der Waals surface area contributed by atoms with Gasteiger partial charge in [0.1, 0.15) is 0 Å². The summed E-state index contributed by atoms with van der Waals surface area (Å²) in [5, 5.41) is 13.2. The van der Waals surface area contributed by atoms with E-state index in [0.717, 1.165) is 25.2 Å². The number of aliphatic hydroxyl groups is 1. The van der Waals surface area contributed by atoms with Crippen molar-refractivity contribution in [3.8, 4) is 0 Å². The second-order valence-electron chi connectivity index (χ2n) is 6.06. The minimum absolute atomic E-state index is 0.238. The third-order valence-electron chi connectivity index (χ3n) is 4.32. The molecule has 1 atom stereocenters. The molecule has 2 aromatic rings. The molecule has 1 unspecified atom stereocenters. The molecule has 1 aliphatic rings. The molecule has 1 fully saturated rings. The SMILES string of the molecule is CCc1nc(CN(Cc2ccccc2)C(CO)C2CC2)cs1. The molecule has 1 saturated carbocycles. The van der Waals surface area contributed by atoms with Crippen LogP contribution in [-0.2, 0) is 19.5 Å². The fourth-order valence-electron chi connectivity index (χ4n) is 2.94. The summed E-state index contributed by atoms with van der Waals surface area (Å²) in [6.07, 6.45) is 3.48. The minimum Gasteiger partial charge on any atom is -0.395 e. The number of hydrogen-bond donors (Lipinski definition) is 1. The number of rotatable bonds is 8. The summed E-state index contributed by atoms with van der Waals surface area (Å²) in [5.41, 5.74) is 2.43. The lowest BCUT2D eigenvalue weighted by molar-refractivity contribution is 0.0935. The van der Waals surface area contributed by atoms with Crippen LogP contribution in [0.15, 0.2) is 35.7 Å². The van der Waals surface area contributed by atoms with E-state index >= 15 is 0 Å². The molecule has 0 amide bonds. The topological polar surface area (TPSA) is 36.4 Å². The number of nitrogens with zero attached hydrogens (tertiary/aromatic N) is 2. The van der Waals surface area contributed by atoms with Crippen molar-refractivity contribution >= 4 is 11.3 Å². The summed E-state index contributed by atoms with van der Waals surface area (Å²) < 4.78 is 0. The van der Waals surface area contributed by atoms with E-state index in [-0.39, 0.29) is 12.6 Å². The predicted molar refractivity (Wildman–Crippen MR) is 90.8 cm³/mol. The van der Waals surface area contributed by atoms with Crippen LogP contribution < -0.4 is 0 Å². The first-order chi connectivity index (χ1) is 10.8. The van der Waals surface area contributed by atoms with Gasteiger partial charge in [0.25, 0.3) is 0 Å². The van der Waals surface area contributed by atoms with Gasteiger partial charge in [0.2, 0.25) is 0 Å². The summed E-state index contributed by atoms with van der Waals surface area (Å²) in [4.78, 5) is 7.11. The molecule has 22 heavy (non-hydrogen) atoms. The average Bonchev–Trinajstić information content (AvgIpc) is 3.27. The summed E-state index contributed by atoms with van der Waals surface area (Å²) in [6.45, 7) is 4.09. The van der Waals surface area contributed by atoms with Gasteiger partial charge in [-0.05, 0) is 30.7 Å². The largest absolute Gasteiger partial charge is 0.395 e. The van der Waals surface area contributed by atoms with Crippen LogP contribution in [0, 0.1) is 5.92 Å². The van der Waals surface area contributed by atoms with Gasteiger partial charge in [0, 0.05) is 24.5 Å². The van der Waals surface area contributed by atoms with Gasteiger partial charge in [0.15, 0.2) is 0 Å². The minimum atomic E-state index is 0.238. The Bertz CT molecular complexity index is 580. The zero-order valence-corrected chi connectivity index (χ0v) is 13.9. The smallest absolute Gasteiger partial charge is 0.0926 e. The molecule has 1 N–H and O–H groups in total. The molecule has 118 valence electrons. The molecule has 3 nitrogen and oxygen atoms in total. The number of aryl methyl sites for hydroxylation is 1. The summed E-state index contributed by atoms with van der Waals surface area (Å²) >= 11 is 1.74. The molecule has 4 heteroatoms. The molecule has 1 aromatic heterocycles. The highest BCUT2D eigenvalue weighted by atomic mass is 32.1. The molecular weight excluding hydrogens is 292 g/mol. The zero-order chi connectivity index (χ0) is 15.4. The second-order valence-corrected chi connectivity index (χ2v) is 7.01. The van der Waals surface area contributed by atoms with Crippen molar-refractivity contribution in [2.45, 2.75) is 45.3 Å². The number of thiazole rings is 1. The van der Waals surface area contributed by atoms with Crippen LogP contribution in [0.3, 0.4) is 0 Å². The maximum atomic E-state index is 9.85. The van der Waals surface area contributed by atoms with Gasteiger partial charge in [-0.15, -0.1) is 11.3 Å². The van der Waals surface area contributed by atoms with Crippen molar-refractivity contribution < 1.29 is 5.11 Å². The number of hydrogen-bond acceptors (Lipinski definition) is 4. The monoisotopic (exact) mass is 316 g/mol. The number of aliphatic hydroxyl groups excluding tert-OH is 1. The van der Waals surface area contributed by atoms with E-state index < -0.39 is 0 Å². The van der Waals surface area contributed by atoms with Gasteiger partial charge >= 0.3 is 0 Å². The molecule has 1 aliphatic carbocycles. The average molecular weight is 316 g/mol. The molecule has 1 heterocycles. The molecule has 0 bridgehead atoms. The van der Waals surface area contributed by atoms with Gasteiger partial charge < -0.3 is 5.11 Å². The van der Waals surface area contributed by atoms with Gasteiger partial charge in [-0.25, -0.2) is 4.98 Å². The Morgan fingerprint density at radius 2 is 2.05 bits per heavy atom. The Hall–Kier alpha value is -1.23. The van der Waals surface area contributed by atoms with E-state index in [1.54, 1.807) is 11.3 Å². The van der Waals surface area contributed by atoms with Crippen molar-refractivity contribution in [3.05, 3.63) is 52.0 Å². The van der Waals surface area contributed by atoms with Crippen LogP contribution in [0.25, 0.3) is 0 Å². The maximum absolute atomic E-state index is 9.85. The van der Waals surface area contributed by atoms with Crippen LogP contribution >= 0.6 is 11.3 Å². The lowest BCUT2D eigenvalue weighted by Gasteiger charge is -2.30. The highest BCUT2D eigenvalue weighted by Crippen LogP contribution is 2.36. The molecule has 1 aromatic carbocycles. The van der Waals surface area contributed by atoms with Gasteiger partial charge in [-0.3, -0.25) is 4.90 Å². The van der Waals surface area contributed by atoms with Crippen LogP contribution in [-0.4, -0.2) is 27.6 Å². The van der Waals surface area contributed by atoms with E-state index in [1.807, 2.05) is 6.07 Å². The molecule has 0 radical (unpaired) electrons. The molecule has 0 saturated heterocycles. The van der Waals surface area contributed by atoms with Crippen molar-refractivity contribution in [2.75, 3.05) is 6.61 Å². The van der Waals surface area contributed by atoms with Crippen molar-refractivity contribution in [1.29, 1.82) is 0 Å². The standard InChI is InChI=1S/C18H24N2OS/c1-2-18-19-16(13-22-18)11-20(17(12-21)15-8-9-15)10-14-6-4-3-5-7-14/h3-7,13,15,17,21H,2,8-12H2,1H3. The van der Waals surface area contributed by atoms with E-state index in [1.165, 1.54) is 23.4 Å². The van der Waals surface area contributed by atoms with E-state index in [4.69, 9.17) is 4.98 Å². The predicted octanol–water partition coefficient (Wildman–Crippen LogP) is 3.48. The first-order valence-electron chi connectivity index (χ1n) is 8.12. The van der Waals surface area contributed by atoms with Crippen LogP contribution in [0.2, 0.25) is 0 Å². The Balaban J connectivity index is 1.75. The van der Waals surface area contributed by atoms with Gasteiger partial charge in [-0.2, -0.15) is 0 Å². The summed E-state index contributed by atoms with van der Waals surface area (Å²) in [7, 11) is 0. The Kier molecular flexibility index (Phi) is 5.24. The first-order valence-corrected chi connectivity index (χ1v) is 9.00. The Morgan fingerprint density at radius 3 is 2.64 bits per heavy atom. The van der Waals surface area contributed by atoms with Gasteiger partial charge in [0.05, 0.1) is 17.3 Å². The fourth-order valence-corrected chi connectivity index (χ4v) is 3.68. The van der Waals surface area contributed by atoms with Crippen molar-refractivity contribution in [1.82, 2.24) is 9.88 Å². The van der Waals surface area contributed by atoms with Crippen molar-refractivity contribution in [2.24, 2.45) is 5.92 Å². The summed E-state index contributed by atoms with van der Waals surface area (Å²) in [6, 6.07) is 10.8. The van der Waals surface area contributed by atoms with Crippen molar-refractivity contribution in [3.63, 3.8) is 0 Å². The van der Waals surface area contributed by atoms with Crippen LogP contribution in [0.4, 0.5) is 0 Å². The number of benzene rings is 1. The fraction of sp³-hybridized carbons (Fsp3) is 0.500. The second kappa shape index (κ2) is 7.36. The Morgan fingerprint density at radius 1 is 1.27 bits per heavy atom.